The lowest BCUT2D eigenvalue weighted by Gasteiger charge is -2.47. The van der Waals surface area contributed by atoms with Crippen LogP contribution in [0.2, 0.25) is 36.3 Å². The lowest BCUT2D eigenvalue weighted by molar-refractivity contribution is -0.214. The van der Waals surface area contributed by atoms with Crippen LogP contribution in [-0.4, -0.2) is 139 Å². The van der Waals surface area contributed by atoms with Crippen molar-refractivity contribution < 1.29 is 56.5 Å². The summed E-state index contributed by atoms with van der Waals surface area (Å²) < 4.78 is 49.7. The highest BCUT2D eigenvalue weighted by molar-refractivity contribution is 8.13. The maximum atomic E-state index is 14.1. The predicted molar refractivity (Wildman–Crippen MR) is 318 cm³/mol. The Morgan fingerprint density at radius 2 is 0.921 bits per heavy atom. The van der Waals surface area contributed by atoms with E-state index in [-0.39, 0.29) is 95.1 Å². The van der Waals surface area contributed by atoms with Gasteiger partial charge in [-0.1, -0.05) is 144 Å². The monoisotopic (exact) mass is 1170 g/mol. The zero-order chi connectivity index (χ0) is 56.8. The van der Waals surface area contributed by atoms with Gasteiger partial charge >= 0.3 is 12.2 Å². The molecule has 0 radical (unpaired) electrons. The predicted octanol–water partition coefficient (Wildman–Crippen LogP) is 13.0. The normalized spacial score (nSPS) is 27.9. The molecule has 4 amide bonds. The van der Waals surface area contributed by atoms with Crippen molar-refractivity contribution in [3.05, 3.63) is 71.8 Å². The molecule has 0 spiro atoms. The van der Waals surface area contributed by atoms with Crippen LogP contribution in [0.5, 0.6) is 0 Å². The zero-order valence-electron chi connectivity index (χ0n) is 48.9. The third kappa shape index (κ3) is 16.2. The van der Waals surface area contributed by atoms with E-state index in [2.05, 4.69) is 127 Å². The second kappa shape index (κ2) is 27.3. The molecule has 428 valence electrons. The summed E-state index contributed by atoms with van der Waals surface area (Å²) in [7, 11) is 0.0572. The van der Waals surface area contributed by atoms with E-state index in [1.54, 1.807) is 0 Å². The number of nitrogens with zero attached hydrogens (tertiary/aromatic N) is 2. The minimum Gasteiger partial charge on any atom is -0.447 e. The molecule has 14 nitrogen and oxygen atoms in total. The van der Waals surface area contributed by atoms with Crippen molar-refractivity contribution in [1.82, 2.24) is 9.80 Å². The molecule has 0 N–H and O–H groups in total. The van der Waals surface area contributed by atoms with E-state index >= 15 is 0 Å². The van der Waals surface area contributed by atoms with Crippen LogP contribution in [0.25, 0.3) is 0 Å². The second-order valence-electron chi connectivity index (χ2n) is 25.0. The van der Waals surface area contributed by atoms with Crippen molar-refractivity contribution in [2.24, 2.45) is 35.5 Å². The molecule has 4 aliphatic heterocycles. The Morgan fingerprint density at radius 3 is 1.21 bits per heavy atom. The average Bonchev–Trinajstić information content (AvgIpc) is 3.90. The zero-order valence-corrected chi connectivity index (χ0v) is 55.0. The molecule has 18 atom stereocenters. The van der Waals surface area contributed by atoms with Crippen molar-refractivity contribution in [3.8, 4) is 0 Å². The Morgan fingerprint density at radius 1 is 0.605 bits per heavy atom. The highest BCUT2D eigenvalue weighted by Gasteiger charge is 2.51. The van der Waals surface area contributed by atoms with E-state index in [0.29, 0.717) is 26.1 Å². The molecular weight excluding hydrogens is 1070 g/mol. The van der Waals surface area contributed by atoms with Gasteiger partial charge in [0.05, 0.1) is 61.5 Å². The standard InChI is InChI=1S/2C28H47NO6P2Si/c2*1-18-16-33-27(37(7)36)34-23(18)19(2)24(35-38(8,9)28(4,5)6)20(3)25(30)29-22(17-32-26(29)31)15-21-13-11-10-12-14-21/h2*10-14,18-20,22-24,27H,15-17,36H2,1-9H3/t2*18-,19+,20+,22+,23-,24-,27?,37?/m00/s1. The summed E-state index contributed by atoms with van der Waals surface area (Å²) in [6.07, 6.45) is -1.13. The van der Waals surface area contributed by atoms with Crippen LogP contribution in [0.1, 0.15) is 94.2 Å². The SMILES string of the molecule is C[C@H]([C@H]1OC(P(C)P)OC[C@@H]1C)[C@H](O[Si](C)(C)C(C)(C)C)[C@@H](C)C(=O)N1C(=O)OC[C@H]1Cc1ccccc1.C[C@H]([C@H]1OC(P(C)P)OC[C@@H]1C)[C@H](O[Si](C)(C)C(C)(C)C)[C@@H](C)C(=O)N1C(=O)OC[C@H]1Cc1ccccc1. The molecule has 6 rings (SSSR count). The summed E-state index contributed by atoms with van der Waals surface area (Å²) in [6.45, 7) is 40.1. The lowest BCUT2D eigenvalue weighted by Crippen LogP contribution is -2.55. The van der Waals surface area contributed by atoms with Crippen LogP contribution >= 0.6 is 33.1 Å². The van der Waals surface area contributed by atoms with Gasteiger partial charge in [0, 0.05) is 23.7 Å². The number of benzene rings is 2. The first kappa shape index (κ1) is 65.0. The van der Waals surface area contributed by atoms with Gasteiger partial charge in [0.15, 0.2) is 28.7 Å². The van der Waals surface area contributed by atoms with Crippen molar-refractivity contribution in [3.63, 3.8) is 0 Å². The van der Waals surface area contributed by atoms with Gasteiger partial charge in [-0.05, 0) is 88.8 Å². The molecule has 4 aliphatic rings. The molecule has 76 heavy (non-hydrogen) atoms. The molecule has 0 bridgehead atoms. The summed E-state index contributed by atoms with van der Waals surface area (Å²) in [5.74, 6) is -1.48. The number of imide groups is 2. The van der Waals surface area contributed by atoms with E-state index in [1.165, 1.54) is 9.80 Å². The summed E-state index contributed by atoms with van der Waals surface area (Å²) >= 11 is 0. The van der Waals surface area contributed by atoms with E-state index in [4.69, 9.17) is 37.3 Å². The molecular formula is C56H94N2O12P4Si2. The van der Waals surface area contributed by atoms with Crippen LogP contribution in [0.15, 0.2) is 60.7 Å². The van der Waals surface area contributed by atoms with Gasteiger partial charge < -0.3 is 37.3 Å². The molecule has 0 aromatic heterocycles. The highest BCUT2D eigenvalue weighted by Crippen LogP contribution is 2.52. The van der Waals surface area contributed by atoms with Gasteiger partial charge in [0.2, 0.25) is 11.8 Å². The number of cyclic esters (lactones) is 2. The molecule has 4 heterocycles. The summed E-state index contributed by atoms with van der Waals surface area (Å²) in [4.78, 5) is 56.5. The van der Waals surface area contributed by atoms with Gasteiger partial charge in [-0.3, -0.25) is 9.59 Å². The number of carbonyl (C=O) groups is 4. The number of hydrogen-bond donors (Lipinski definition) is 0. The smallest absolute Gasteiger partial charge is 0.416 e. The third-order valence-corrected chi connectivity index (χ3v) is 29.0. The van der Waals surface area contributed by atoms with Gasteiger partial charge in [-0.15, -0.1) is 17.9 Å². The molecule has 2 aromatic carbocycles. The van der Waals surface area contributed by atoms with Crippen LogP contribution in [0.4, 0.5) is 9.59 Å². The molecule has 6 unspecified atom stereocenters. The maximum Gasteiger partial charge on any atom is 0.416 e. The minimum absolute atomic E-state index is 0.0430. The first-order valence-electron chi connectivity index (χ1n) is 27.2. The van der Waals surface area contributed by atoms with E-state index in [1.807, 2.05) is 74.5 Å². The van der Waals surface area contributed by atoms with Crippen molar-refractivity contribution in [1.29, 1.82) is 0 Å². The minimum atomic E-state index is -2.27. The lowest BCUT2D eigenvalue weighted by atomic mass is 9.83. The van der Waals surface area contributed by atoms with Gasteiger partial charge in [0.1, 0.15) is 13.2 Å². The molecule has 0 saturated carbocycles. The highest BCUT2D eigenvalue weighted by atomic mass is 32.0. The Bertz CT molecular complexity index is 2070. The Labute approximate surface area is 465 Å². The first-order chi connectivity index (χ1) is 35.3. The summed E-state index contributed by atoms with van der Waals surface area (Å²) in [5, 5.41) is -0.0860. The van der Waals surface area contributed by atoms with Gasteiger partial charge in [-0.2, -0.15) is 0 Å². The fourth-order valence-electron chi connectivity index (χ4n) is 9.98. The van der Waals surface area contributed by atoms with E-state index in [9.17, 15) is 19.2 Å². The first-order valence-corrected chi connectivity index (χ1v) is 40.0. The molecule has 4 fully saturated rings. The molecule has 4 saturated heterocycles. The number of ether oxygens (including phenoxy) is 6. The third-order valence-electron chi connectivity index (χ3n) is 16.7. The van der Waals surface area contributed by atoms with Crippen molar-refractivity contribution in [2.45, 2.75) is 181 Å². The number of amides is 4. The van der Waals surface area contributed by atoms with E-state index in [0.717, 1.165) is 11.1 Å². The molecule has 0 aliphatic carbocycles. The topological polar surface area (TPSA) is 149 Å². The average molecular weight is 1170 g/mol. The van der Waals surface area contributed by atoms with Crippen molar-refractivity contribution in [2.75, 3.05) is 39.8 Å². The maximum absolute atomic E-state index is 14.1. The number of carbonyl (C=O) groups excluding carboxylic acids is 4. The fraction of sp³-hybridized carbons (Fsp3) is 0.714. The van der Waals surface area contributed by atoms with Crippen LogP contribution in [0, 0.1) is 35.5 Å². The Hall–Kier alpha value is -1.77. The number of hydrogen-bond acceptors (Lipinski definition) is 12. The van der Waals surface area contributed by atoms with Gasteiger partial charge in [-0.25, -0.2) is 19.4 Å². The number of rotatable bonds is 18. The summed E-state index contributed by atoms with van der Waals surface area (Å²) in [6, 6.07) is 18.6. The Kier molecular flexibility index (Phi) is 23.4. The van der Waals surface area contributed by atoms with Crippen LogP contribution in [-0.2, 0) is 59.7 Å². The Balaban J connectivity index is 0.000000281. The van der Waals surface area contributed by atoms with Crippen LogP contribution in [0.3, 0.4) is 0 Å². The van der Waals surface area contributed by atoms with Crippen molar-refractivity contribution >= 4 is 73.7 Å². The van der Waals surface area contributed by atoms with Crippen LogP contribution < -0.4 is 0 Å². The largest absolute Gasteiger partial charge is 0.447 e. The summed E-state index contributed by atoms with van der Waals surface area (Å²) in [5.41, 5.74) is 2.13. The second-order valence-corrected chi connectivity index (χ2v) is 42.9. The fourth-order valence-corrected chi connectivity index (χ4v) is 15.1. The molecule has 2 aromatic rings. The van der Waals surface area contributed by atoms with Gasteiger partial charge in [0.25, 0.3) is 0 Å². The quantitative estimate of drug-likeness (QED) is 0.103. The van der Waals surface area contributed by atoms with E-state index < -0.39 is 68.1 Å². The molecule has 20 heteroatoms.